The zero-order valence-corrected chi connectivity index (χ0v) is 19.5. The maximum Gasteiger partial charge on any atom is 0.349 e. The van der Waals surface area contributed by atoms with Crippen molar-refractivity contribution >= 4 is 18.0 Å². The van der Waals surface area contributed by atoms with Crippen LogP contribution in [0.2, 0.25) is 0 Å². The number of hydrogen-bond acceptors (Lipinski definition) is 6. The molecule has 0 aliphatic rings. The normalized spacial score (nSPS) is 11.1. The number of esters is 1. The van der Waals surface area contributed by atoms with Gasteiger partial charge in [-0.15, -0.1) is 0 Å². The second-order valence-corrected chi connectivity index (χ2v) is 7.44. The fourth-order valence-electron chi connectivity index (χ4n) is 3.28. The highest BCUT2D eigenvalue weighted by atomic mass is 19.1. The van der Waals surface area contributed by atoms with E-state index in [0.29, 0.717) is 24.3 Å². The Labute approximate surface area is 192 Å². The second-order valence-electron chi connectivity index (χ2n) is 7.44. The van der Waals surface area contributed by atoms with Crippen LogP contribution in [0, 0.1) is 31.0 Å². The topological polar surface area (TPSA) is 93.8 Å². The third-order valence-electron chi connectivity index (χ3n) is 5.16. The van der Waals surface area contributed by atoms with Crippen LogP contribution in [0.5, 0.6) is 5.75 Å². The Kier molecular flexibility index (Phi) is 9.18. The van der Waals surface area contributed by atoms with Gasteiger partial charge in [-0.25, -0.2) is 9.18 Å². The summed E-state index contributed by atoms with van der Waals surface area (Å²) in [5.41, 5.74) is 2.90. The molecule has 0 saturated heterocycles. The number of benzene rings is 1. The zero-order chi connectivity index (χ0) is 24.5. The summed E-state index contributed by atoms with van der Waals surface area (Å²) >= 11 is 0. The standard InChI is InChI=1S/C24H28FN3O5/c1-16-10-19(17(2)28(16)8-9-31-4)12-20(13-26)24(30)33-15-23(29)27(3)14-18-6-7-22(32-5)21(25)11-18/h6-7,10-12H,8-9,14-15H2,1-5H3/b20-12+. The molecule has 0 aliphatic carbocycles. The molecule has 1 aromatic carbocycles. The van der Waals surface area contributed by atoms with Gasteiger partial charge in [0.05, 0.1) is 13.7 Å². The maximum absolute atomic E-state index is 13.8. The molecule has 1 heterocycles. The van der Waals surface area contributed by atoms with Crippen LogP contribution in [0.4, 0.5) is 4.39 Å². The summed E-state index contributed by atoms with van der Waals surface area (Å²) in [6.07, 6.45) is 1.45. The molecule has 8 nitrogen and oxygen atoms in total. The van der Waals surface area contributed by atoms with E-state index in [1.807, 2.05) is 30.6 Å². The molecule has 0 unspecified atom stereocenters. The first kappa shape index (κ1) is 25.6. The Morgan fingerprint density at radius 2 is 1.97 bits per heavy atom. The minimum atomic E-state index is -0.892. The van der Waals surface area contributed by atoms with Gasteiger partial charge in [-0.05, 0) is 49.2 Å². The summed E-state index contributed by atoms with van der Waals surface area (Å²) in [6.45, 7) is 4.56. The third kappa shape index (κ3) is 6.67. The molecule has 176 valence electrons. The number of carbonyl (C=O) groups excluding carboxylic acids is 2. The van der Waals surface area contributed by atoms with Gasteiger partial charge in [-0.1, -0.05) is 6.07 Å². The lowest BCUT2D eigenvalue weighted by atomic mass is 10.1. The van der Waals surface area contributed by atoms with E-state index in [9.17, 15) is 19.2 Å². The van der Waals surface area contributed by atoms with Crippen molar-refractivity contribution in [3.05, 3.63) is 58.2 Å². The summed E-state index contributed by atoms with van der Waals surface area (Å²) in [4.78, 5) is 26.0. The van der Waals surface area contributed by atoms with E-state index in [1.54, 1.807) is 13.2 Å². The van der Waals surface area contributed by atoms with E-state index >= 15 is 0 Å². The van der Waals surface area contributed by atoms with Crippen LogP contribution in [0.1, 0.15) is 22.5 Å². The first-order chi connectivity index (χ1) is 15.7. The highest BCUT2D eigenvalue weighted by Gasteiger charge is 2.18. The van der Waals surface area contributed by atoms with E-state index in [2.05, 4.69) is 0 Å². The Bertz CT molecular complexity index is 1080. The molecule has 0 fully saturated rings. The predicted octanol–water partition coefficient (Wildman–Crippen LogP) is 3.01. The Morgan fingerprint density at radius 1 is 1.24 bits per heavy atom. The van der Waals surface area contributed by atoms with Crippen LogP contribution < -0.4 is 4.74 Å². The minimum absolute atomic E-state index is 0.108. The summed E-state index contributed by atoms with van der Waals surface area (Å²) in [5.74, 6) is -1.81. The number of nitriles is 1. The number of aryl methyl sites for hydroxylation is 1. The lowest BCUT2D eigenvalue weighted by Gasteiger charge is -2.17. The first-order valence-electron chi connectivity index (χ1n) is 10.2. The number of ether oxygens (including phenoxy) is 3. The van der Waals surface area contributed by atoms with Gasteiger partial charge in [0.1, 0.15) is 11.6 Å². The molecule has 0 bridgehead atoms. The molecule has 2 rings (SSSR count). The molecule has 0 N–H and O–H groups in total. The molecule has 33 heavy (non-hydrogen) atoms. The summed E-state index contributed by atoms with van der Waals surface area (Å²) < 4.78 is 30.9. The van der Waals surface area contributed by atoms with Crippen molar-refractivity contribution < 1.29 is 28.2 Å². The molecule has 0 aliphatic heterocycles. The van der Waals surface area contributed by atoms with Crippen LogP contribution in [-0.2, 0) is 32.2 Å². The minimum Gasteiger partial charge on any atom is -0.494 e. The Balaban J connectivity index is 2.01. The van der Waals surface area contributed by atoms with Crippen molar-refractivity contribution in [2.45, 2.75) is 26.9 Å². The van der Waals surface area contributed by atoms with E-state index in [4.69, 9.17) is 14.2 Å². The molecule has 1 amide bonds. The van der Waals surface area contributed by atoms with Crippen LogP contribution in [0.25, 0.3) is 6.08 Å². The summed E-state index contributed by atoms with van der Waals surface area (Å²) in [5, 5.41) is 9.42. The quantitative estimate of drug-likeness (QED) is 0.309. The fourth-order valence-corrected chi connectivity index (χ4v) is 3.28. The van der Waals surface area contributed by atoms with Crippen molar-refractivity contribution in [2.24, 2.45) is 0 Å². The average molecular weight is 458 g/mol. The van der Waals surface area contributed by atoms with Gasteiger partial charge in [0, 0.05) is 38.6 Å². The van der Waals surface area contributed by atoms with Crippen LogP contribution >= 0.6 is 0 Å². The van der Waals surface area contributed by atoms with Crippen LogP contribution in [0.15, 0.2) is 29.8 Å². The van der Waals surface area contributed by atoms with E-state index < -0.39 is 24.3 Å². The molecule has 0 atom stereocenters. The summed E-state index contributed by atoms with van der Waals surface area (Å²) in [6, 6.07) is 8.08. The molecular formula is C24H28FN3O5. The maximum atomic E-state index is 13.8. The van der Waals surface area contributed by atoms with Gasteiger partial charge >= 0.3 is 5.97 Å². The number of amides is 1. The van der Waals surface area contributed by atoms with Gasteiger partial charge < -0.3 is 23.7 Å². The Morgan fingerprint density at radius 3 is 2.58 bits per heavy atom. The lowest BCUT2D eigenvalue weighted by molar-refractivity contribution is -0.148. The molecule has 0 saturated carbocycles. The number of carbonyl (C=O) groups is 2. The molecular weight excluding hydrogens is 429 g/mol. The number of methoxy groups -OCH3 is 2. The van der Waals surface area contributed by atoms with Crippen molar-refractivity contribution in [1.82, 2.24) is 9.47 Å². The van der Waals surface area contributed by atoms with Crippen molar-refractivity contribution in [1.29, 1.82) is 5.26 Å². The molecule has 0 spiro atoms. The van der Waals surface area contributed by atoms with Gasteiger partial charge in [0.2, 0.25) is 0 Å². The number of hydrogen-bond donors (Lipinski definition) is 0. The van der Waals surface area contributed by atoms with Gasteiger partial charge in [0.15, 0.2) is 18.2 Å². The average Bonchev–Trinajstić information content (AvgIpc) is 3.06. The molecule has 9 heteroatoms. The fraction of sp³-hybridized carbons (Fsp3) is 0.375. The number of likely N-dealkylation sites (N-methyl/N-ethyl adjacent to an activating group) is 1. The smallest absolute Gasteiger partial charge is 0.349 e. The van der Waals surface area contributed by atoms with E-state index in [-0.39, 0.29) is 17.9 Å². The van der Waals surface area contributed by atoms with Crippen LogP contribution in [-0.4, -0.2) is 55.8 Å². The third-order valence-corrected chi connectivity index (χ3v) is 5.16. The largest absolute Gasteiger partial charge is 0.494 e. The highest BCUT2D eigenvalue weighted by Crippen LogP contribution is 2.20. The second kappa shape index (κ2) is 11.8. The number of nitrogens with zero attached hydrogens (tertiary/aromatic N) is 3. The molecule has 2 aromatic rings. The van der Waals surface area contributed by atoms with Crippen molar-refractivity contribution in [2.75, 3.05) is 34.5 Å². The van der Waals surface area contributed by atoms with Crippen molar-refractivity contribution in [3.8, 4) is 11.8 Å². The Hall–Kier alpha value is -3.64. The lowest BCUT2D eigenvalue weighted by Crippen LogP contribution is -2.31. The number of aromatic nitrogens is 1. The SMILES string of the molecule is COCCn1c(C)cc(/C=C(\C#N)C(=O)OCC(=O)N(C)Cc2ccc(OC)c(F)c2)c1C. The van der Waals surface area contributed by atoms with E-state index in [1.165, 1.54) is 37.3 Å². The number of rotatable bonds is 10. The summed E-state index contributed by atoms with van der Waals surface area (Å²) in [7, 11) is 4.49. The molecule has 0 radical (unpaired) electrons. The highest BCUT2D eigenvalue weighted by molar-refractivity contribution is 5.99. The van der Waals surface area contributed by atoms with Crippen molar-refractivity contribution in [3.63, 3.8) is 0 Å². The van der Waals surface area contributed by atoms with Gasteiger partial charge in [0.25, 0.3) is 5.91 Å². The molecule has 1 aromatic heterocycles. The van der Waals surface area contributed by atoms with E-state index in [0.717, 1.165) is 11.4 Å². The predicted molar refractivity (Wildman–Crippen MR) is 120 cm³/mol. The monoisotopic (exact) mass is 457 g/mol. The van der Waals surface area contributed by atoms with Gasteiger partial charge in [-0.2, -0.15) is 5.26 Å². The van der Waals surface area contributed by atoms with Gasteiger partial charge in [-0.3, -0.25) is 4.79 Å². The number of halogens is 1. The first-order valence-corrected chi connectivity index (χ1v) is 10.2. The zero-order valence-electron chi connectivity index (χ0n) is 19.5. The van der Waals surface area contributed by atoms with Crippen LogP contribution in [0.3, 0.4) is 0 Å².